The first-order chi connectivity index (χ1) is 12.7. The Kier molecular flexibility index (Phi) is 20.4. The molecule has 0 fully saturated rings. The molecule has 1 atom stereocenters. The maximum absolute atomic E-state index is 11.9. The zero-order valence-electron chi connectivity index (χ0n) is 18.3. The Balaban J connectivity index is 3.32. The molecule has 0 aliphatic heterocycles. The van der Waals surface area contributed by atoms with Gasteiger partial charge in [-0.05, 0) is 26.2 Å². The molecule has 0 aromatic carbocycles. The molecule has 156 valence electrons. The quantitative estimate of drug-likeness (QED) is 0.159. The zero-order chi connectivity index (χ0) is 19.3. The van der Waals surface area contributed by atoms with Crippen LogP contribution in [0, 0.1) is 0 Å². The van der Waals surface area contributed by atoms with E-state index in [0.29, 0.717) is 6.42 Å². The van der Waals surface area contributed by atoms with E-state index in [9.17, 15) is 4.79 Å². The highest BCUT2D eigenvalue weighted by Crippen LogP contribution is 2.14. The highest BCUT2D eigenvalue weighted by Gasteiger charge is 2.09. The van der Waals surface area contributed by atoms with Crippen molar-refractivity contribution in [2.75, 3.05) is 0 Å². The normalized spacial score (nSPS) is 12.3. The molecule has 0 rings (SSSR count). The van der Waals surface area contributed by atoms with E-state index < -0.39 is 0 Å². The van der Waals surface area contributed by atoms with Crippen LogP contribution in [0.4, 0.5) is 0 Å². The van der Waals surface area contributed by atoms with Crippen LogP contribution in [0.15, 0.2) is 0 Å². The van der Waals surface area contributed by atoms with E-state index >= 15 is 0 Å². The summed E-state index contributed by atoms with van der Waals surface area (Å²) in [6, 6.07) is 0. The van der Waals surface area contributed by atoms with Crippen molar-refractivity contribution in [2.45, 2.75) is 149 Å². The molecule has 0 aromatic heterocycles. The van der Waals surface area contributed by atoms with Crippen LogP contribution in [-0.4, -0.2) is 12.1 Å². The highest BCUT2D eigenvalue weighted by molar-refractivity contribution is 5.69. The molecule has 2 nitrogen and oxygen atoms in total. The first-order valence-electron chi connectivity index (χ1n) is 11.9. The first kappa shape index (κ1) is 25.5. The van der Waals surface area contributed by atoms with E-state index in [0.717, 1.165) is 12.8 Å². The van der Waals surface area contributed by atoms with E-state index in [-0.39, 0.29) is 12.1 Å². The largest absolute Gasteiger partial charge is 0.463 e. The van der Waals surface area contributed by atoms with Crippen LogP contribution in [0.1, 0.15) is 143 Å². The molecule has 0 saturated heterocycles. The number of hydrogen-bond acceptors (Lipinski definition) is 2. The number of carbonyl (C=O) groups excluding carboxylic acids is 1. The Morgan fingerprint density at radius 2 is 1.00 bits per heavy atom. The summed E-state index contributed by atoms with van der Waals surface area (Å²) in [5, 5.41) is 0. The number of ether oxygens (including phenoxy) is 1. The fraction of sp³-hybridized carbons (Fsp3) is 0.958. The molecule has 0 amide bonds. The fourth-order valence-electron chi connectivity index (χ4n) is 3.49. The van der Waals surface area contributed by atoms with E-state index in [2.05, 4.69) is 20.8 Å². The van der Waals surface area contributed by atoms with Crippen molar-refractivity contribution in [3.05, 3.63) is 0 Å². The Hall–Kier alpha value is -0.530. The van der Waals surface area contributed by atoms with Gasteiger partial charge in [-0.15, -0.1) is 0 Å². The van der Waals surface area contributed by atoms with Crippen LogP contribution in [0.2, 0.25) is 0 Å². The van der Waals surface area contributed by atoms with Crippen LogP contribution < -0.4 is 0 Å². The SMILES string of the molecule is CCCCCCCCCCCC(=O)O[C@@H](C)CCCCCCCCCC. The molecule has 0 spiro atoms. The van der Waals surface area contributed by atoms with E-state index in [1.54, 1.807) is 0 Å². The minimum Gasteiger partial charge on any atom is -0.463 e. The maximum atomic E-state index is 11.9. The monoisotopic (exact) mass is 368 g/mol. The number of esters is 1. The minimum atomic E-state index is 0.0139. The van der Waals surface area contributed by atoms with Gasteiger partial charge in [-0.3, -0.25) is 4.79 Å². The number of unbranched alkanes of at least 4 members (excludes halogenated alkanes) is 15. The van der Waals surface area contributed by atoms with Gasteiger partial charge < -0.3 is 4.74 Å². The molecule has 0 saturated carbocycles. The van der Waals surface area contributed by atoms with Gasteiger partial charge in [-0.1, -0.05) is 110 Å². The second-order valence-electron chi connectivity index (χ2n) is 8.14. The summed E-state index contributed by atoms with van der Waals surface area (Å²) in [7, 11) is 0. The predicted molar refractivity (Wildman–Crippen MR) is 115 cm³/mol. The Morgan fingerprint density at radius 3 is 1.46 bits per heavy atom. The molecular weight excluding hydrogens is 320 g/mol. The summed E-state index contributed by atoms with van der Waals surface area (Å²) in [6.45, 7) is 6.57. The van der Waals surface area contributed by atoms with Crippen LogP contribution >= 0.6 is 0 Å². The summed E-state index contributed by atoms with van der Waals surface area (Å²) in [6.07, 6.45) is 24.0. The van der Waals surface area contributed by atoms with Crippen LogP contribution in [0.5, 0.6) is 0 Å². The topological polar surface area (TPSA) is 26.3 Å². The molecule has 0 aromatic rings. The average molecular weight is 369 g/mol. The van der Waals surface area contributed by atoms with E-state index in [1.165, 1.54) is 103 Å². The summed E-state index contributed by atoms with van der Waals surface area (Å²) >= 11 is 0. The summed E-state index contributed by atoms with van der Waals surface area (Å²) in [5.41, 5.74) is 0. The molecule has 2 heteroatoms. The molecule has 0 unspecified atom stereocenters. The fourth-order valence-corrected chi connectivity index (χ4v) is 3.49. The lowest BCUT2D eigenvalue weighted by molar-refractivity contribution is -0.148. The Bertz CT molecular complexity index is 288. The second-order valence-corrected chi connectivity index (χ2v) is 8.14. The third kappa shape index (κ3) is 19.8. The Morgan fingerprint density at radius 1 is 0.615 bits per heavy atom. The second kappa shape index (κ2) is 20.8. The lowest BCUT2D eigenvalue weighted by Crippen LogP contribution is -2.14. The Labute approximate surface area is 164 Å². The maximum Gasteiger partial charge on any atom is 0.306 e. The van der Waals surface area contributed by atoms with Crippen molar-refractivity contribution in [1.82, 2.24) is 0 Å². The summed E-state index contributed by atoms with van der Waals surface area (Å²) in [4.78, 5) is 11.9. The van der Waals surface area contributed by atoms with Crippen molar-refractivity contribution in [3.63, 3.8) is 0 Å². The number of rotatable bonds is 20. The van der Waals surface area contributed by atoms with Gasteiger partial charge in [0, 0.05) is 6.42 Å². The van der Waals surface area contributed by atoms with Gasteiger partial charge in [0.2, 0.25) is 0 Å². The first-order valence-corrected chi connectivity index (χ1v) is 11.9. The molecular formula is C24H48O2. The average Bonchev–Trinajstić information content (AvgIpc) is 2.62. The third-order valence-corrected chi connectivity index (χ3v) is 5.28. The van der Waals surface area contributed by atoms with Crippen molar-refractivity contribution in [3.8, 4) is 0 Å². The molecule has 0 N–H and O–H groups in total. The van der Waals surface area contributed by atoms with Gasteiger partial charge in [0.1, 0.15) is 0 Å². The van der Waals surface area contributed by atoms with Crippen LogP contribution in [0.3, 0.4) is 0 Å². The lowest BCUT2D eigenvalue weighted by atomic mass is 10.1. The molecule has 0 bridgehead atoms. The van der Waals surface area contributed by atoms with Gasteiger partial charge in [0.05, 0.1) is 6.10 Å². The van der Waals surface area contributed by atoms with E-state index in [1.807, 2.05) is 0 Å². The number of hydrogen-bond donors (Lipinski definition) is 0. The standard InChI is InChI=1S/C24H48O2/c1-4-6-8-10-12-14-16-18-20-22-24(25)26-23(3)21-19-17-15-13-11-9-7-5-2/h23H,4-22H2,1-3H3/t23-/m0/s1. The van der Waals surface area contributed by atoms with Crippen LogP contribution in [-0.2, 0) is 9.53 Å². The van der Waals surface area contributed by atoms with Crippen LogP contribution in [0.25, 0.3) is 0 Å². The third-order valence-electron chi connectivity index (χ3n) is 5.28. The van der Waals surface area contributed by atoms with Gasteiger partial charge >= 0.3 is 5.97 Å². The van der Waals surface area contributed by atoms with Crippen molar-refractivity contribution >= 4 is 5.97 Å². The summed E-state index contributed by atoms with van der Waals surface area (Å²) < 4.78 is 5.54. The zero-order valence-corrected chi connectivity index (χ0v) is 18.3. The van der Waals surface area contributed by atoms with Gasteiger partial charge in [-0.2, -0.15) is 0 Å². The van der Waals surface area contributed by atoms with Crippen molar-refractivity contribution in [2.24, 2.45) is 0 Å². The van der Waals surface area contributed by atoms with Crippen molar-refractivity contribution < 1.29 is 9.53 Å². The van der Waals surface area contributed by atoms with Gasteiger partial charge in [0.25, 0.3) is 0 Å². The highest BCUT2D eigenvalue weighted by atomic mass is 16.5. The van der Waals surface area contributed by atoms with Gasteiger partial charge in [0.15, 0.2) is 0 Å². The molecule has 0 aliphatic rings. The molecule has 26 heavy (non-hydrogen) atoms. The molecule has 0 radical (unpaired) electrons. The number of carbonyl (C=O) groups is 1. The van der Waals surface area contributed by atoms with Crippen molar-refractivity contribution in [1.29, 1.82) is 0 Å². The van der Waals surface area contributed by atoms with Gasteiger partial charge in [-0.25, -0.2) is 0 Å². The molecule has 0 aliphatic carbocycles. The molecule has 0 heterocycles. The smallest absolute Gasteiger partial charge is 0.306 e. The predicted octanol–water partition coefficient (Wildman–Crippen LogP) is 8.37. The summed E-state index contributed by atoms with van der Waals surface area (Å²) in [5.74, 6) is 0.0139. The lowest BCUT2D eigenvalue weighted by Gasteiger charge is -2.13. The van der Waals surface area contributed by atoms with E-state index in [4.69, 9.17) is 4.74 Å². The minimum absolute atomic E-state index is 0.0139.